The standard InChI is InChI=1S/C20H22ClN3O3S/c21-18-8-6-17(7-9-18)10-15-28(26,27)24-13-11-23(12-14-24)16-20(25)22-19-4-2-1-3-5-19/h1-10,15H,11-14,16H2,(H,22,25)/b15-10+. The Bertz CT molecular complexity index is 923. The van der Waals surface area contributed by atoms with Gasteiger partial charge in [-0.25, -0.2) is 8.42 Å². The van der Waals surface area contributed by atoms with Crippen molar-refractivity contribution in [2.24, 2.45) is 0 Å². The van der Waals surface area contributed by atoms with Crippen LogP contribution in [0.2, 0.25) is 5.02 Å². The first-order chi connectivity index (χ1) is 13.4. The SMILES string of the molecule is O=C(CN1CCN(S(=O)(=O)/C=C/c2ccc(Cl)cc2)CC1)Nc1ccccc1. The average Bonchev–Trinajstić information content (AvgIpc) is 2.69. The van der Waals surface area contributed by atoms with Crippen LogP contribution >= 0.6 is 11.6 Å². The van der Waals surface area contributed by atoms with E-state index in [9.17, 15) is 13.2 Å². The van der Waals surface area contributed by atoms with E-state index in [1.807, 2.05) is 35.2 Å². The summed E-state index contributed by atoms with van der Waals surface area (Å²) in [5.41, 5.74) is 1.52. The lowest BCUT2D eigenvalue weighted by Crippen LogP contribution is -2.49. The molecule has 0 bridgehead atoms. The predicted molar refractivity (Wildman–Crippen MR) is 112 cm³/mol. The molecule has 1 heterocycles. The van der Waals surface area contributed by atoms with Crippen LogP contribution < -0.4 is 5.32 Å². The molecule has 0 radical (unpaired) electrons. The normalized spacial score (nSPS) is 16.3. The molecule has 0 atom stereocenters. The number of sulfonamides is 1. The predicted octanol–water partition coefficient (Wildman–Crippen LogP) is 2.90. The summed E-state index contributed by atoms with van der Waals surface area (Å²) >= 11 is 5.83. The van der Waals surface area contributed by atoms with E-state index < -0.39 is 10.0 Å². The lowest BCUT2D eigenvalue weighted by molar-refractivity contribution is -0.117. The second-order valence-corrected chi connectivity index (χ2v) is 8.74. The Morgan fingerprint density at radius 3 is 2.29 bits per heavy atom. The van der Waals surface area contributed by atoms with Gasteiger partial charge in [0, 0.05) is 42.3 Å². The summed E-state index contributed by atoms with van der Waals surface area (Å²) in [6.45, 7) is 1.97. The molecule has 0 saturated carbocycles. The maximum atomic E-state index is 12.5. The second-order valence-electron chi connectivity index (χ2n) is 6.49. The zero-order valence-electron chi connectivity index (χ0n) is 15.3. The van der Waals surface area contributed by atoms with Crippen molar-refractivity contribution < 1.29 is 13.2 Å². The van der Waals surface area contributed by atoms with Crippen molar-refractivity contribution in [2.45, 2.75) is 0 Å². The highest BCUT2D eigenvalue weighted by Gasteiger charge is 2.25. The van der Waals surface area contributed by atoms with Crippen LogP contribution in [0.3, 0.4) is 0 Å². The van der Waals surface area contributed by atoms with Crippen molar-refractivity contribution in [1.29, 1.82) is 0 Å². The van der Waals surface area contributed by atoms with E-state index in [2.05, 4.69) is 5.32 Å². The molecule has 1 aliphatic heterocycles. The first-order valence-corrected chi connectivity index (χ1v) is 10.8. The zero-order valence-corrected chi connectivity index (χ0v) is 16.9. The zero-order chi connectivity index (χ0) is 20.0. The van der Waals surface area contributed by atoms with Crippen LogP contribution in [0.1, 0.15) is 5.56 Å². The topological polar surface area (TPSA) is 69.7 Å². The first-order valence-electron chi connectivity index (χ1n) is 8.93. The molecule has 1 saturated heterocycles. The minimum atomic E-state index is -3.50. The van der Waals surface area contributed by atoms with Crippen LogP contribution in [0.15, 0.2) is 60.0 Å². The Morgan fingerprint density at radius 2 is 1.64 bits per heavy atom. The summed E-state index contributed by atoms with van der Waals surface area (Å²) < 4.78 is 26.5. The van der Waals surface area contributed by atoms with E-state index in [4.69, 9.17) is 11.6 Å². The number of hydrogen-bond donors (Lipinski definition) is 1. The Hall–Kier alpha value is -2.19. The van der Waals surface area contributed by atoms with Gasteiger partial charge in [-0.1, -0.05) is 41.9 Å². The molecule has 28 heavy (non-hydrogen) atoms. The van der Waals surface area contributed by atoms with Gasteiger partial charge in [-0.2, -0.15) is 4.31 Å². The van der Waals surface area contributed by atoms with Crippen LogP contribution in [-0.4, -0.2) is 56.3 Å². The monoisotopic (exact) mass is 419 g/mol. The number of benzene rings is 2. The summed E-state index contributed by atoms with van der Waals surface area (Å²) in [5.74, 6) is -0.106. The van der Waals surface area contributed by atoms with E-state index in [0.717, 1.165) is 11.3 Å². The van der Waals surface area contributed by atoms with Gasteiger partial charge in [-0.15, -0.1) is 0 Å². The third-order valence-corrected chi connectivity index (χ3v) is 6.24. The molecule has 2 aromatic rings. The highest BCUT2D eigenvalue weighted by atomic mass is 35.5. The van der Waals surface area contributed by atoms with E-state index in [1.165, 1.54) is 9.71 Å². The van der Waals surface area contributed by atoms with E-state index in [-0.39, 0.29) is 12.5 Å². The average molecular weight is 420 g/mol. The minimum absolute atomic E-state index is 0.106. The Morgan fingerprint density at radius 1 is 1.00 bits per heavy atom. The summed E-state index contributed by atoms with van der Waals surface area (Å²) in [5, 5.41) is 4.66. The fourth-order valence-electron chi connectivity index (χ4n) is 2.89. The van der Waals surface area contributed by atoms with Crippen molar-refractivity contribution in [3.63, 3.8) is 0 Å². The molecule has 3 rings (SSSR count). The van der Waals surface area contributed by atoms with Gasteiger partial charge in [0.25, 0.3) is 0 Å². The van der Waals surface area contributed by atoms with Gasteiger partial charge in [0.2, 0.25) is 15.9 Å². The van der Waals surface area contributed by atoms with Crippen LogP contribution in [0, 0.1) is 0 Å². The number of amides is 1. The largest absolute Gasteiger partial charge is 0.325 e. The van der Waals surface area contributed by atoms with Gasteiger partial charge in [0.15, 0.2) is 0 Å². The number of piperazine rings is 1. The number of rotatable bonds is 6. The van der Waals surface area contributed by atoms with Gasteiger partial charge < -0.3 is 5.32 Å². The Labute approximate surface area is 170 Å². The number of carbonyl (C=O) groups excluding carboxylic acids is 1. The molecular weight excluding hydrogens is 398 g/mol. The Kier molecular flexibility index (Phi) is 6.85. The minimum Gasteiger partial charge on any atom is -0.325 e. The third-order valence-electron chi connectivity index (χ3n) is 4.42. The second kappa shape index (κ2) is 9.34. The molecule has 0 aromatic heterocycles. The molecule has 0 spiro atoms. The Balaban J connectivity index is 1.49. The van der Waals surface area contributed by atoms with Crippen molar-refractivity contribution in [1.82, 2.24) is 9.21 Å². The van der Waals surface area contributed by atoms with Crippen LogP contribution in [0.4, 0.5) is 5.69 Å². The number of hydrogen-bond acceptors (Lipinski definition) is 4. The third kappa shape index (κ3) is 5.90. The van der Waals surface area contributed by atoms with E-state index >= 15 is 0 Å². The van der Waals surface area contributed by atoms with Crippen molar-refractivity contribution >= 4 is 39.3 Å². The smallest absolute Gasteiger partial charge is 0.238 e. The number of nitrogens with zero attached hydrogens (tertiary/aromatic N) is 2. The number of anilines is 1. The van der Waals surface area contributed by atoms with Gasteiger partial charge in [0.05, 0.1) is 6.54 Å². The maximum absolute atomic E-state index is 12.5. The highest BCUT2D eigenvalue weighted by molar-refractivity contribution is 7.92. The maximum Gasteiger partial charge on any atom is 0.238 e. The van der Waals surface area contributed by atoms with Gasteiger partial charge in [0.1, 0.15) is 0 Å². The number of nitrogens with one attached hydrogen (secondary N) is 1. The molecule has 0 unspecified atom stereocenters. The van der Waals surface area contributed by atoms with Crippen LogP contribution in [-0.2, 0) is 14.8 Å². The van der Waals surface area contributed by atoms with Crippen molar-refractivity contribution in [2.75, 3.05) is 38.0 Å². The summed E-state index contributed by atoms with van der Waals surface area (Å²) in [7, 11) is -3.50. The number of para-hydroxylation sites is 1. The molecule has 6 nitrogen and oxygen atoms in total. The number of halogens is 1. The molecular formula is C20H22ClN3O3S. The van der Waals surface area contributed by atoms with Gasteiger partial charge in [-0.3, -0.25) is 9.69 Å². The van der Waals surface area contributed by atoms with Crippen LogP contribution in [0.5, 0.6) is 0 Å². The fourth-order valence-corrected chi connectivity index (χ4v) is 4.19. The fraction of sp³-hybridized carbons (Fsp3) is 0.250. The van der Waals surface area contributed by atoms with Gasteiger partial charge in [-0.05, 0) is 35.9 Å². The van der Waals surface area contributed by atoms with Crippen LogP contribution in [0.25, 0.3) is 6.08 Å². The molecule has 148 valence electrons. The van der Waals surface area contributed by atoms with Gasteiger partial charge >= 0.3 is 0 Å². The highest BCUT2D eigenvalue weighted by Crippen LogP contribution is 2.14. The molecule has 2 aromatic carbocycles. The van der Waals surface area contributed by atoms with E-state index in [0.29, 0.717) is 31.2 Å². The first kappa shape index (κ1) is 20.5. The summed E-state index contributed by atoms with van der Waals surface area (Å²) in [6.07, 6.45) is 1.56. The van der Waals surface area contributed by atoms with Crippen molar-refractivity contribution in [3.05, 3.63) is 70.6 Å². The lowest BCUT2D eigenvalue weighted by Gasteiger charge is -2.32. The molecule has 1 fully saturated rings. The molecule has 1 amide bonds. The van der Waals surface area contributed by atoms with Crippen molar-refractivity contribution in [3.8, 4) is 0 Å². The molecule has 0 aliphatic carbocycles. The van der Waals surface area contributed by atoms with E-state index in [1.54, 1.807) is 30.3 Å². The molecule has 1 N–H and O–H groups in total. The number of carbonyl (C=O) groups is 1. The quantitative estimate of drug-likeness (QED) is 0.781. The lowest BCUT2D eigenvalue weighted by atomic mass is 10.2. The molecule has 1 aliphatic rings. The molecule has 8 heteroatoms. The summed E-state index contributed by atoms with van der Waals surface area (Å²) in [6, 6.07) is 16.2. The summed E-state index contributed by atoms with van der Waals surface area (Å²) in [4.78, 5) is 14.1.